The molecule has 0 atom stereocenters. The largest absolute Gasteiger partial charge is 0.506 e. The summed E-state index contributed by atoms with van der Waals surface area (Å²) in [5.41, 5.74) is 0.727. The summed E-state index contributed by atoms with van der Waals surface area (Å²) in [5.74, 6) is 0.428. The molecule has 1 aromatic carbocycles. The zero-order chi connectivity index (χ0) is 10.3. The van der Waals surface area contributed by atoms with Gasteiger partial charge >= 0.3 is 0 Å². The Bertz CT molecular complexity index is 490. The number of phenolic OH excluding ortho intramolecular Hbond substituents is 2. The number of hydrogen-bond donors (Lipinski definition) is 3. The minimum absolute atomic E-state index is 0.00639. The van der Waals surface area contributed by atoms with Gasteiger partial charge in [0.2, 0.25) is 0 Å². The van der Waals surface area contributed by atoms with Gasteiger partial charge in [-0.3, -0.25) is 0 Å². The van der Waals surface area contributed by atoms with Gasteiger partial charge in [-0.2, -0.15) is 0 Å². The van der Waals surface area contributed by atoms with Gasteiger partial charge in [0.25, 0.3) is 0 Å². The Morgan fingerprint density at radius 1 is 1.29 bits per heavy atom. The molecule has 0 unspecified atom stereocenters. The fourth-order valence-corrected chi connectivity index (χ4v) is 1.47. The van der Waals surface area contributed by atoms with Gasteiger partial charge in [0.1, 0.15) is 35.0 Å². The molecular formula is C9H10N2O3. The zero-order valence-corrected chi connectivity index (χ0v) is 7.60. The Hall–Kier alpha value is -1.75. The van der Waals surface area contributed by atoms with Crippen LogP contribution < -0.4 is 0 Å². The molecule has 0 saturated carbocycles. The van der Waals surface area contributed by atoms with Gasteiger partial charge in [-0.1, -0.05) is 0 Å². The maximum atomic E-state index is 9.53. The van der Waals surface area contributed by atoms with Crippen LogP contribution in [0.5, 0.6) is 11.5 Å². The first kappa shape index (κ1) is 8.83. The summed E-state index contributed by atoms with van der Waals surface area (Å²) in [5, 5.41) is 27.9. The second-order valence-corrected chi connectivity index (χ2v) is 3.05. The van der Waals surface area contributed by atoms with Crippen molar-refractivity contribution < 1.29 is 15.3 Å². The molecule has 5 heteroatoms. The molecule has 0 fully saturated rings. The van der Waals surface area contributed by atoms with Crippen LogP contribution in [0.25, 0.3) is 11.0 Å². The number of phenols is 2. The van der Waals surface area contributed by atoms with Gasteiger partial charge in [0.05, 0.1) is 0 Å². The lowest BCUT2D eigenvalue weighted by atomic mass is 10.2. The molecular weight excluding hydrogens is 184 g/mol. The number of benzene rings is 1. The maximum absolute atomic E-state index is 9.53. The molecule has 0 saturated heterocycles. The molecule has 0 aliphatic rings. The quantitative estimate of drug-likeness (QED) is 0.577. The Morgan fingerprint density at radius 3 is 2.50 bits per heavy atom. The molecule has 2 aromatic rings. The predicted octanol–water partition coefficient (Wildman–Crippen LogP) is 0.477. The SMILES string of the molecule is Cn1c(CO)nc2c(O)ccc(O)c21. The van der Waals surface area contributed by atoms with E-state index in [2.05, 4.69) is 4.98 Å². The molecule has 5 nitrogen and oxygen atoms in total. The fourth-order valence-electron chi connectivity index (χ4n) is 1.47. The van der Waals surface area contributed by atoms with Gasteiger partial charge in [-0.05, 0) is 12.1 Å². The Labute approximate surface area is 79.9 Å². The van der Waals surface area contributed by atoms with Crippen molar-refractivity contribution in [2.24, 2.45) is 7.05 Å². The summed E-state index contributed by atoms with van der Waals surface area (Å²) in [6, 6.07) is 2.76. The highest BCUT2D eigenvalue weighted by Gasteiger charge is 2.13. The van der Waals surface area contributed by atoms with Gasteiger partial charge in [-0.15, -0.1) is 0 Å². The average molecular weight is 194 g/mol. The van der Waals surface area contributed by atoms with Crippen LogP contribution in [0.4, 0.5) is 0 Å². The average Bonchev–Trinajstić information content (AvgIpc) is 2.51. The van der Waals surface area contributed by atoms with Crippen molar-refractivity contribution in [3.8, 4) is 11.5 Å². The van der Waals surface area contributed by atoms with E-state index in [9.17, 15) is 10.2 Å². The Balaban J connectivity index is 2.90. The summed E-state index contributed by atoms with van der Waals surface area (Å²) < 4.78 is 1.55. The van der Waals surface area contributed by atoms with E-state index in [4.69, 9.17) is 5.11 Å². The number of aliphatic hydroxyl groups excluding tert-OH is 1. The smallest absolute Gasteiger partial charge is 0.143 e. The third-order valence-electron chi connectivity index (χ3n) is 2.21. The number of rotatable bonds is 1. The van der Waals surface area contributed by atoms with Crippen LogP contribution >= 0.6 is 0 Å². The zero-order valence-electron chi connectivity index (χ0n) is 7.60. The van der Waals surface area contributed by atoms with Crippen LogP contribution in [-0.4, -0.2) is 24.9 Å². The summed E-state index contributed by atoms with van der Waals surface area (Å²) in [6.07, 6.45) is 0. The standard InChI is InChI=1S/C9H10N2O3/c1-11-7(4-12)10-8-5(13)2-3-6(14)9(8)11/h2-3,12-14H,4H2,1H3. The molecule has 14 heavy (non-hydrogen) atoms. The molecule has 1 heterocycles. The highest BCUT2D eigenvalue weighted by Crippen LogP contribution is 2.31. The third-order valence-corrected chi connectivity index (χ3v) is 2.21. The van der Waals surface area contributed by atoms with Crippen LogP contribution in [-0.2, 0) is 13.7 Å². The Morgan fingerprint density at radius 2 is 1.93 bits per heavy atom. The second-order valence-electron chi connectivity index (χ2n) is 3.05. The number of nitrogens with zero attached hydrogens (tertiary/aromatic N) is 2. The van der Waals surface area contributed by atoms with Crippen LogP contribution in [0.1, 0.15) is 5.82 Å². The van der Waals surface area contributed by atoms with Crippen molar-refractivity contribution in [3.63, 3.8) is 0 Å². The number of aromatic nitrogens is 2. The van der Waals surface area contributed by atoms with Crippen LogP contribution in [0.2, 0.25) is 0 Å². The molecule has 0 bridgehead atoms. The summed E-state index contributed by atoms with van der Waals surface area (Å²) in [7, 11) is 1.67. The van der Waals surface area contributed by atoms with Crippen molar-refractivity contribution in [2.75, 3.05) is 0 Å². The molecule has 0 amide bonds. The molecule has 2 rings (SSSR count). The Kier molecular flexibility index (Phi) is 1.82. The molecule has 0 radical (unpaired) electrons. The van der Waals surface area contributed by atoms with Crippen molar-refractivity contribution in [1.29, 1.82) is 0 Å². The van der Waals surface area contributed by atoms with Crippen molar-refractivity contribution in [2.45, 2.75) is 6.61 Å². The van der Waals surface area contributed by atoms with E-state index in [1.807, 2.05) is 0 Å². The number of imidazole rings is 1. The number of aryl methyl sites for hydroxylation is 1. The van der Waals surface area contributed by atoms with Gasteiger partial charge in [0, 0.05) is 7.05 Å². The van der Waals surface area contributed by atoms with E-state index in [1.165, 1.54) is 12.1 Å². The monoisotopic (exact) mass is 194 g/mol. The highest BCUT2D eigenvalue weighted by molar-refractivity contribution is 5.87. The van der Waals surface area contributed by atoms with Crippen LogP contribution in [0.3, 0.4) is 0 Å². The molecule has 1 aromatic heterocycles. The van der Waals surface area contributed by atoms with Crippen molar-refractivity contribution >= 4 is 11.0 Å². The minimum Gasteiger partial charge on any atom is -0.506 e. The lowest BCUT2D eigenvalue weighted by Gasteiger charge is -2.00. The van der Waals surface area contributed by atoms with Crippen LogP contribution in [0, 0.1) is 0 Å². The topological polar surface area (TPSA) is 78.5 Å². The van der Waals surface area contributed by atoms with Crippen LogP contribution in [0.15, 0.2) is 12.1 Å². The molecule has 0 aliphatic carbocycles. The van der Waals surface area contributed by atoms with E-state index in [0.717, 1.165) is 0 Å². The first-order valence-corrected chi connectivity index (χ1v) is 4.12. The van der Waals surface area contributed by atoms with E-state index in [1.54, 1.807) is 11.6 Å². The van der Waals surface area contributed by atoms with Gasteiger partial charge < -0.3 is 19.9 Å². The highest BCUT2D eigenvalue weighted by atomic mass is 16.3. The van der Waals surface area contributed by atoms with Crippen molar-refractivity contribution in [1.82, 2.24) is 9.55 Å². The lowest BCUT2D eigenvalue weighted by molar-refractivity contribution is 0.268. The van der Waals surface area contributed by atoms with E-state index < -0.39 is 0 Å². The number of aliphatic hydroxyl groups is 1. The molecule has 3 N–H and O–H groups in total. The normalized spacial score (nSPS) is 11.0. The number of aromatic hydroxyl groups is 2. The lowest BCUT2D eigenvalue weighted by Crippen LogP contribution is -1.96. The van der Waals surface area contributed by atoms with E-state index in [-0.39, 0.29) is 18.1 Å². The van der Waals surface area contributed by atoms with Gasteiger partial charge in [-0.25, -0.2) is 4.98 Å². The van der Waals surface area contributed by atoms with E-state index in [0.29, 0.717) is 16.9 Å². The molecule has 0 aliphatic heterocycles. The number of hydrogen-bond acceptors (Lipinski definition) is 4. The van der Waals surface area contributed by atoms with Gasteiger partial charge in [0.15, 0.2) is 0 Å². The fraction of sp³-hybridized carbons (Fsp3) is 0.222. The second kappa shape index (κ2) is 2.88. The summed E-state index contributed by atoms with van der Waals surface area (Å²) in [4.78, 5) is 3.99. The minimum atomic E-state index is -0.232. The first-order chi connectivity index (χ1) is 6.65. The first-order valence-electron chi connectivity index (χ1n) is 4.12. The summed E-state index contributed by atoms with van der Waals surface area (Å²) >= 11 is 0. The van der Waals surface area contributed by atoms with E-state index >= 15 is 0 Å². The third kappa shape index (κ3) is 1.03. The number of fused-ring (bicyclic) bond motifs is 1. The summed E-state index contributed by atoms with van der Waals surface area (Å²) in [6.45, 7) is -0.232. The maximum Gasteiger partial charge on any atom is 0.143 e. The van der Waals surface area contributed by atoms with Crippen molar-refractivity contribution in [3.05, 3.63) is 18.0 Å². The molecule has 74 valence electrons. The molecule has 0 spiro atoms. The predicted molar refractivity (Wildman–Crippen MR) is 50.0 cm³/mol.